The summed E-state index contributed by atoms with van der Waals surface area (Å²) in [6.45, 7) is 3.48. The number of amides is 2. The van der Waals surface area contributed by atoms with Crippen molar-refractivity contribution in [2.75, 3.05) is 6.54 Å². The minimum Gasteiger partial charge on any atom is -0.392 e. The molecule has 0 heterocycles. The molecule has 2 amide bonds. The summed E-state index contributed by atoms with van der Waals surface area (Å²) in [5.74, 6) is -0.208. The van der Waals surface area contributed by atoms with Crippen molar-refractivity contribution >= 4 is 11.8 Å². The van der Waals surface area contributed by atoms with Gasteiger partial charge in [-0.3, -0.25) is 9.59 Å². The SMILES string of the molecule is CC(O)CNC(=O)C(C)NC(=O)C1CCCCC1. The second-order valence-electron chi connectivity index (χ2n) is 5.16. The van der Waals surface area contributed by atoms with Gasteiger partial charge in [0.05, 0.1) is 6.10 Å². The second-order valence-corrected chi connectivity index (χ2v) is 5.16. The summed E-state index contributed by atoms with van der Waals surface area (Å²) < 4.78 is 0. The number of aliphatic hydroxyl groups excluding tert-OH is 1. The van der Waals surface area contributed by atoms with Gasteiger partial charge in [-0.25, -0.2) is 0 Å². The minimum atomic E-state index is -0.574. The zero-order valence-electron chi connectivity index (χ0n) is 11.2. The molecule has 3 N–H and O–H groups in total. The van der Waals surface area contributed by atoms with Gasteiger partial charge in [-0.2, -0.15) is 0 Å². The molecule has 5 heteroatoms. The molecular weight excluding hydrogens is 232 g/mol. The number of nitrogens with one attached hydrogen (secondary N) is 2. The van der Waals surface area contributed by atoms with Crippen LogP contribution in [-0.4, -0.2) is 35.6 Å². The minimum absolute atomic E-state index is 0.0191. The predicted octanol–water partition coefficient (Wildman–Crippen LogP) is 0.568. The highest BCUT2D eigenvalue weighted by Crippen LogP contribution is 2.23. The molecule has 18 heavy (non-hydrogen) atoms. The molecule has 0 saturated heterocycles. The van der Waals surface area contributed by atoms with Crippen LogP contribution in [0.1, 0.15) is 46.0 Å². The monoisotopic (exact) mass is 256 g/mol. The Hall–Kier alpha value is -1.10. The Morgan fingerprint density at radius 1 is 1.22 bits per heavy atom. The van der Waals surface area contributed by atoms with E-state index >= 15 is 0 Å². The lowest BCUT2D eigenvalue weighted by molar-refractivity contribution is -0.131. The van der Waals surface area contributed by atoms with Gasteiger partial charge in [0.2, 0.25) is 11.8 Å². The standard InChI is InChI=1S/C13H24N2O3/c1-9(16)8-14-12(17)10(2)15-13(18)11-6-4-3-5-7-11/h9-11,16H,3-8H2,1-2H3,(H,14,17)(H,15,18). The summed E-state index contributed by atoms with van der Waals surface area (Å²) in [4.78, 5) is 23.5. The van der Waals surface area contributed by atoms with Crippen LogP contribution in [0.3, 0.4) is 0 Å². The van der Waals surface area contributed by atoms with Crippen LogP contribution in [-0.2, 0) is 9.59 Å². The molecule has 0 radical (unpaired) electrons. The first-order valence-electron chi connectivity index (χ1n) is 6.77. The molecule has 0 aromatic rings. The molecule has 0 aromatic carbocycles. The molecule has 5 nitrogen and oxygen atoms in total. The highest BCUT2D eigenvalue weighted by Gasteiger charge is 2.24. The van der Waals surface area contributed by atoms with E-state index in [1.807, 2.05) is 0 Å². The Morgan fingerprint density at radius 2 is 1.83 bits per heavy atom. The Labute approximate surface area is 108 Å². The molecule has 0 spiro atoms. The Balaban J connectivity index is 2.31. The summed E-state index contributed by atoms with van der Waals surface area (Å²) in [6, 6.07) is -0.543. The number of aliphatic hydroxyl groups is 1. The van der Waals surface area contributed by atoms with E-state index < -0.39 is 12.1 Å². The zero-order chi connectivity index (χ0) is 13.5. The van der Waals surface area contributed by atoms with Crippen LogP contribution in [0.25, 0.3) is 0 Å². The predicted molar refractivity (Wildman–Crippen MR) is 68.9 cm³/mol. The number of carbonyl (C=O) groups excluding carboxylic acids is 2. The number of carbonyl (C=O) groups is 2. The van der Waals surface area contributed by atoms with Gasteiger partial charge in [-0.05, 0) is 26.7 Å². The lowest BCUT2D eigenvalue weighted by Crippen LogP contribution is -2.48. The van der Waals surface area contributed by atoms with Crippen molar-refractivity contribution in [2.45, 2.75) is 58.1 Å². The summed E-state index contributed by atoms with van der Waals surface area (Å²) in [6.07, 6.45) is 4.67. The zero-order valence-corrected chi connectivity index (χ0v) is 11.2. The van der Waals surface area contributed by atoms with E-state index in [1.165, 1.54) is 6.42 Å². The maximum Gasteiger partial charge on any atom is 0.242 e. The first kappa shape index (κ1) is 15.0. The van der Waals surface area contributed by atoms with Crippen molar-refractivity contribution in [3.63, 3.8) is 0 Å². The van der Waals surface area contributed by atoms with Gasteiger partial charge in [-0.15, -0.1) is 0 Å². The van der Waals surface area contributed by atoms with Gasteiger partial charge in [0.15, 0.2) is 0 Å². The van der Waals surface area contributed by atoms with E-state index in [9.17, 15) is 9.59 Å². The third-order valence-corrected chi connectivity index (χ3v) is 3.30. The first-order chi connectivity index (χ1) is 8.50. The summed E-state index contributed by atoms with van der Waals surface area (Å²) in [7, 11) is 0. The number of hydrogen-bond donors (Lipinski definition) is 3. The van der Waals surface area contributed by atoms with Crippen LogP contribution in [0, 0.1) is 5.92 Å². The molecule has 0 bridgehead atoms. The Kier molecular flexibility index (Phi) is 6.12. The highest BCUT2D eigenvalue weighted by molar-refractivity contribution is 5.88. The van der Waals surface area contributed by atoms with Crippen LogP contribution in [0.5, 0.6) is 0 Å². The molecule has 1 fully saturated rings. The van der Waals surface area contributed by atoms with Crippen LogP contribution in [0.2, 0.25) is 0 Å². The number of hydrogen-bond acceptors (Lipinski definition) is 3. The van der Waals surface area contributed by atoms with E-state index in [1.54, 1.807) is 13.8 Å². The summed E-state index contributed by atoms with van der Waals surface area (Å²) >= 11 is 0. The van der Waals surface area contributed by atoms with Crippen molar-refractivity contribution in [3.8, 4) is 0 Å². The summed E-state index contributed by atoms with van der Waals surface area (Å²) in [5, 5.41) is 14.4. The van der Waals surface area contributed by atoms with E-state index in [2.05, 4.69) is 10.6 Å². The maximum absolute atomic E-state index is 11.9. The van der Waals surface area contributed by atoms with Gasteiger partial charge in [0, 0.05) is 12.5 Å². The van der Waals surface area contributed by atoms with Crippen molar-refractivity contribution in [2.24, 2.45) is 5.92 Å². The fraction of sp³-hybridized carbons (Fsp3) is 0.846. The van der Waals surface area contributed by atoms with Gasteiger partial charge in [0.25, 0.3) is 0 Å². The lowest BCUT2D eigenvalue weighted by atomic mass is 9.88. The van der Waals surface area contributed by atoms with Gasteiger partial charge in [0.1, 0.15) is 6.04 Å². The fourth-order valence-corrected chi connectivity index (χ4v) is 2.16. The van der Waals surface area contributed by atoms with Gasteiger partial charge < -0.3 is 15.7 Å². The summed E-state index contributed by atoms with van der Waals surface area (Å²) in [5.41, 5.74) is 0. The van der Waals surface area contributed by atoms with Crippen molar-refractivity contribution in [3.05, 3.63) is 0 Å². The number of rotatable bonds is 5. The molecule has 2 atom stereocenters. The quantitative estimate of drug-likeness (QED) is 0.673. The molecule has 104 valence electrons. The molecule has 1 aliphatic rings. The smallest absolute Gasteiger partial charge is 0.242 e. The molecule has 2 unspecified atom stereocenters. The van der Waals surface area contributed by atoms with Gasteiger partial charge >= 0.3 is 0 Å². The van der Waals surface area contributed by atoms with Crippen LogP contribution in [0.15, 0.2) is 0 Å². The third kappa shape index (κ3) is 5.04. The fourth-order valence-electron chi connectivity index (χ4n) is 2.16. The van der Waals surface area contributed by atoms with E-state index in [0.717, 1.165) is 25.7 Å². The molecule has 1 rings (SSSR count). The second kappa shape index (κ2) is 7.36. The van der Waals surface area contributed by atoms with E-state index in [0.29, 0.717) is 0 Å². The normalized spacial score (nSPS) is 19.9. The topological polar surface area (TPSA) is 78.4 Å². The molecule has 1 aliphatic carbocycles. The third-order valence-electron chi connectivity index (χ3n) is 3.30. The Morgan fingerprint density at radius 3 is 2.39 bits per heavy atom. The van der Waals surface area contributed by atoms with Crippen molar-refractivity contribution in [1.29, 1.82) is 0 Å². The van der Waals surface area contributed by atoms with Crippen LogP contribution in [0.4, 0.5) is 0 Å². The average Bonchev–Trinajstić information content (AvgIpc) is 2.36. The van der Waals surface area contributed by atoms with E-state index in [-0.39, 0.29) is 24.3 Å². The van der Waals surface area contributed by atoms with Gasteiger partial charge in [-0.1, -0.05) is 19.3 Å². The lowest BCUT2D eigenvalue weighted by Gasteiger charge is -2.23. The molecule has 0 aromatic heterocycles. The largest absolute Gasteiger partial charge is 0.392 e. The van der Waals surface area contributed by atoms with E-state index in [4.69, 9.17) is 5.11 Å². The van der Waals surface area contributed by atoms with Crippen molar-refractivity contribution < 1.29 is 14.7 Å². The van der Waals surface area contributed by atoms with Crippen molar-refractivity contribution in [1.82, 2.24) is 10.6 Å². The molecule has 0 aliphatic heterocycles. The average molecular weight is 256 g/mol. The highest BCUT2D eigenvalue weighted by atomic mass is 16.3. The van der Waals surface area contributed by atoms with Crippen LogP contribution >= 0.6 is 0 Å². The molecular formula is C13H24N2O3. The van der Waals surface area contributed by atoms with Crippen LogP contribution < -0.4 is 10.6 Å². The molecule has 1 saturated carbocycles. The maximum atomic E-state index is 11.9. The Bertz CT molecular complexity index is 286. The first-order valence-corrected chi connectivity index (χ1v) is 6.77.